The Morgan fingerprint density at radius 1 is 1.00 bits per heavy atom. The van der Waals surface area contributed by atoms with Gasteiger partial charge in [-0.05, 0) is 93.2 Å². The van der Waals surface area contributed by atoms with E-state index in [9.17, 15) is 24.6 Å². The van der Waals surface area contributed by atoms with E-state index in [1.165, 1.54) is 18.6 Å². The zero-order valence-corrected chi connectivity index (χ0v) is 28.0. The molecule has 3 aliphatic heterocycles. The van der Waals surface area contributed by atoms with Crippen LogP contribution in [0, 0.1) is 11.8 Å². The van der Waals surface area contributed by atoms with Crippen LogP contribution in [0.25, 0.3) is 6.08 Å². The number of fused-ring (bicyclic) bond motifs is 2. The number of carboxylic acids is 1. The van der Waals surface area contributed by atoms with Gasteiger partial charge in [-0.15, -0.1) is 0 Å². The first-order valence-corrected chi connectivity index (χ1v) is 16.2. The molecule has 0 radical (unpaired) electrons. The Bertz CT molecular complexity index is 1730. The Kier molecular flexibility index (Phi) is 7.36. The quantitative estimate of drug-likeness (QED) is 0.228. The molecule has 1 aromatic carbocycles. The Morgan fingerprint density at radius 3 is 2.35 bits per heavy atom. The molecule has 7 rings (SSSR count). The molecular formula is C38H44O8. The van der Waals surface area contributed by atoms with Crippen LogP contribution < -0.4 is 9.47 Å². The van der Waals surface area contributed by atoms with Crippen molar-refractivity contribution in [3.05, 3.63) is 69.4 Å². The number of aromatic hydroxyl groups is 1. The fourth-order valence-electron chi connectivity index (χ4n) is 8.17. The number of phenolic OH excluding ortho intramolecular Hbond substituents is 1. The molecule has 244 valence electrons. The van der Waals surface area contributed by atoms with Gasteiger partial charge in [0.2, 0.25) is 0 Å². The zero-order chi connectivity index (χ0) is 33.6. The van der Waals surface area contributed by atoms with Crippen LogP contribution in [-0.4, -0.2) is 50.2 Å². The lowest BCUT2D eigenvalue weighted by Gasteiger charge is -2.56. The van der Waals surface area contributed by atoms with Gasteiger partial charge >= 0.3 is 5.97 Å². The number of aliphatic carboxylic acids is 1. The van der Waals surface area contributed by atoms with Crippen molar-refractivity contribution >= 4 is 23.6 Å². The highest BCUT2D eigenvalue weighted by Crippen LogP contribution is 2.68. The molecule has 4 bridgehead atoms. The van der Waals surface area contributed by atoms with Crippen LogP contribution in [0.1, 0.15) is 103 Å². The molecule has 8 heteroatoms. The number of carbonyl (C=O) groups excluding carboxylic acids is 2. The summed E-state index contributed by atoms with van der Waals surface area (Å²) in [5, 5.41) is 21.4. The van der Waals surface area contributed by atoms with Gasteiger partial charge in [0.15, 0.2) is 22.8 Å². The normalized spacial score (nSPS) is 31.2. The van der Waals surface area contributed by atoms with Gasteiger partial charge in [-0.2, -0.15) is 0 Å². The Morgan fingerprint density at radius 2 is 1.70 bits per heavy atom. The van der Waals surface area contributed by atoms with Crippen LogP contribution >= 0.6 is 0 Å². The number of phenols is 1. The highest BCUT2D eigenvalue weighted by Gasteiger charge is 2.81. The minimum absolute atomic E-state index is 0.0544. The van der Waals surface area contributed by atoms with Gasteiger partial charge in [-0.25, -0.2) is 4.79 Å². The molecule has 8 nitrogen and oxygen atoms in total. The fraction of sp³-hybridized carbons (Fsp3) is 0.500. The first-order chi connectivity index (χ1) is 21.5. The third-order valence-electron chi connectivity index (χ3n) is 10.5. The van der Waals surface area contributed by atoms with Gasteiger partial charge in [0.05, 0.1) is 11.2 Å². The summed E-state index contributed by atoms with van der Waals surface area (Å²) in [6.07, 6.45) is 13.4. The van der Waals surface area contributed by atoms with Crippen LogP contribution in [-0.2, 0) is 20.7 Å². The van der Waals surface area contributed by atoms with Crippen molar-refractivity contribution < 1.29 is 38.8 Å². The third kappa shape index (κ3) is 4.47. The number of carboxylic acid groups (broad SMARTS) is 1. The van der Waals surface area contributed by atoms with Crippen molar-refractivity contribution in [2.45, 2.75) is 110 Å². The summed E-state index contributed by atoms with van der Waals surface area (Å²) in [5.74, 6) is -2.28. The predicted octanol–water partition coefficient (Wildman–Crippen LogP) is 7.24. The minimum atomic E-state index is -1.63. The van der Waals surface area contributed by atoms with E-state index in [4.69, 9.17) is 14.2 Å². The monoisotopic (exact) mass is 628 g/mol. The van der Waals surface area contributed by atoms with E-state index in [1.54, 1.807) is 6.08 Å². The van der Waals surface area contributed by atoms with Crippen molar-refractivity contribution in [1.82, 2.24) is 0 Å². The van der Waals surface area contributed by atoms with Crippen LogP contribution in [0.4, 0.5) is 0 Å². The van der Waals surface area contributed by atoms with E-state index in [1.807, 2.05) is 52.8 Å². The second kappa shape index (κ2) is 10.6. The van der Waals surface area contributed by atoms with Crippen LogP contribution in [0.2, 0.25) is 0 Å². The van der Waals surface area contributed by atoms with Gasteiger partial charge < -0.3 is 24.4 Å². The van der Waals surface area contributed by atoms with Crippen LogP contribution in [0.5, 0.6) is 17.2 Å². The average molecular weight is 629 g/mol. The molecule has 0 amide bonds. The first kappa shape index (κ1) is 32.0. The van der Waals surface area contributed by atoms with E-state index in [0.29, 0.717) is 41.7 Å². The maximum absolute atomic E-state index is 14.7. The van der Waals surface area contributed by atoms with E-state index >= 15 is 0 Å². The number of benzene rings is 1. The van der Waals surface area contributed by atoms with E-state index in [0.717, 1.165) is 12.0 Å². The van der Waals surface area contributed by atoms with Gasteiger partial charge in [-0.1, -0.05) is 35.5 Å². The molecule has 0 aromatic heterocycles. The summed E-state index contributed by atoms with van der Waals surface area (Å²) in [4.78, 5) is 40.8. The van der Waals surface area contributed by atoms with E-state index in [2.05, 4.69) is 19.9 Å². The van der Waals surface area contributed by atoms with Crippen molar-refractivity contribution in [3.8, 4) is 17.2 Å². The second-order valence-electron chi connectivity index (χ2n) is 14.8. The largest absolute Gasteiger partial charge is 0.506 e. The number of hydrogen-bond donors (Lipinski definition) is 2. The lowest BCUT2D eigenvalue weighted by molar-refractivity contribution is -0.171. The molecule has 1 spiro atoms. The third-order valence-corrected chi connectivity index (χ3v) is 10.5. The van der Waals surface area contributed by atoms with Crippen LogP contribution in [0.3, 0.4) is 0 Å². The predicted molar refractivity (Wildman–Crippen MR) is 174 cm³/mol. The highest BCUT2D eigenvalue weighted by molar-refractivity contribution is 6.19. The molecule has 5 atom stereocenters. The van der Waals surface area contributed by atoms with Gasteiger partial charge in [-0.3, -0.25) is 9.59 Å². The number of Topliss-reactive ketones (excluding diaryl/α,β-unsaturated/α-hetero) is 2. The van der Waals surface area contributed by atoms with Crippen molar-refractivity contribution in [2.75, 3.05) is 0 Å². The zero-order valence-electron chi connectivity index (χ0n) is 28.0. The Labute approximate surface area is 270 Å². The summed E-state index contributed by atoms with van der Waals surface area (Å²) in [7, 11) is 0. The number of ketones is 2. The molecule has 1 unspecified atom stereocenters. The fourth-order valence-corrected chi connectivity index (χ4v) is 8.17. The molecule has 6 aliphatic rings. The summed E-state index contributed by atoms with van der Waals surface area (Å²) in [6.45, 7) is 15.4. The topological polar surface area (TPSA) is 119 Å². The summed E-state index contributed by atoms with van der Waals surface area (Å²) < 4.78 is 20.6. The molecule has 1 aromatic rings. The van der Waals surface area contributed by atoms with E-state index in [-0.39, 0.29) is 40.8 Å². The standard InChI is InChI=1S/C38H44O8/c1-20(2)10-9-15-36(8)16-14-24-29(39)28-30(40)26-18-23-19-27-35(6,7)46-37(33(23)41,17-13-22(5)34(42)43)38(26,27)45-32(28)25(31(24)44-36)12-11-21(3)4/h10-11,13-14,16,18,23,27,39H,9,12,15,17,19H2,1-8H3,(H,42,43)/b22-13-/t23-,27?,36-,37-,38+/m0/s1. The van der Waals surface area contributed by atoms with Gasteiger partial charge in [0, 0.05) is 35.0 Å². The van der Waals surface area contributed by atoms with Crippen molar-refractivity contribution in [3.63, 3.8) is 0 Å². The molecule has 2 fully saturated rings. The number of allylic oxidation sites excluding steroid dienone is 5. The second-order valence-corrected chi connectivity index (χ2v) is 14.8. The SMILES string of the molecule is CC(C)=CCC[C@@]1(C)C=Cc2c(O)c3c(c(CC=C(C)C)c2O1)O[C@]12C(=C[C@H]4CC1C(C)(C)O[C@@]2(C/C=C(/C)C(=O)O)C4=O)C3=O. The maximum atomic E-state index is 14.7. The van der Waals surface area contributed by atoms with Gasteiger partial charge in [0.25, 0.3) is 0 Å². The smallest absolute Gasteiger partial charge is 0.330 e. The molecule has 2 N–H and O–H groups in total. The first-order valence-electron chi connectivity index (χ1n) is 16.2. The highest BCUT2D eigenvalue weighted by atomic mass is 16.6. The molecule has 46 heavy (non-hydrogen) atoms. The molecule has 1 saturated carbocycles. The Hall–Kier alpha value is -3.91. The summed E-state index contributed by atoms with van der Waals surface area (Å²) in [5.41, 5.74) is -0.952. The molecule has 3 heterocycles. The van der Waals surface area contributed by atoms with E-state index < -0.39 is 40.1 Å². The number of carbonyl (C=O) groups is 3. The number of hydrogen-bond acceptors (Lipinski definition) is 7. The Balaban J connectivity index is 1.59. The van der Waals surface area contributed by atoms with Crippen LogP contribution in [0.15, 0.2) is 52.7 Å². The number of rotatable bonds is 8. The molecular weight excluding hydrogens is 584 g/mol. The molecule has 1 saturated heterocycles. The van der Waals surface area contributed by atoms with Crippen molar-refractivity contribution in [2.24, 2.45) is 11.8 Å². The number of ether oxygens (including phenoxy) is 3. The van der Waals surface area contributed by atoms with Crippen molar-refractivity contribution in [1.29, 1.82) is 0 Å². The molecule has 3 aliphatic carbocycles. The maximum Gasteiger partial charge on any atom is 0.330 e. The summed E-state index contributed by atoms with van der Waals surface area (Å²) >= 11 is 0. The van der Waals surface area contributed by atoms with Gasteiger partial charge in [0.1, 0.15) is 28.4 Å². The summed E-state index contributed by atoms with van der Waals surface area (Å²) in [6, 6.07) is 0. The lowest BCUT2D eigenvalue weighted by atomic mass is 9.51. The average Bonchev–Trinajstić information content (AvgIpc) is 3.12. The minimum Gasteiger partial charge on any atom is -0.506 e. The lowest BCUT2D eigenvalue weighted by Crippen LogP contribution is -2.72.